The number of hydrogen-bond acceptors (Lipinski definition) is 2. The summed E-state index contributed by atoms with van der Waals surface area (Å²) in [7, 11) is 0. The second-order valence-electron chi connectivity index (χ2n) is 5.87. The number of nitrogens with one attached hydrogen (secondary N) is 1. The van der Waals surface area contributed by atoms with Crippen molar-refractivity contribution in [3.63, 3.8) is 0 Å². The second-order valence-corrected chi connectivity index (χ2v) is 5.87. The lowest BCUT2D eigenvalue weighted by Crippen LogP contribution is -2.40. The molecule has 0 amide bonds. The highest BCUT2D eigenvalue weighted by molar-refractivity contribution is 5.32. The Balaban J connectivity index is 2.34. The molecule has 2 nitrogen and oxygen atoms in total. The minimum absolute atomic E-state index is 0.296. The molecule has 3 N–H and O–H groups in total. The van der Waals surface area contributed by atoms with Crippen LogP contribution >= 0.6 is 0 Å². The van der Waals surface area contributed by atoms with E-state index in [1.165, 1.54) is 48.8 Å². The van der Waals surface area contributed by atoms with E-state index in [1.54, 1.807) is 0 Å². The van der Waals surface area contributed by atoms with Crippen LogP contribution in [-0.2, 0) is 0 Å². The number of benzene rings is 1. The molecule has 0 aliphatic heterocycles. The third kappa shape index (κ3) is 2.32. The SMILES string of the molecule is CCC1(C(NN)c2ccc(C)c(C)c2)CCCC1. The molecular weight excluding hydrogens is 220 g/mol. The molecule has 2 heteroatoms. The predicted octanol–water partition coefficient (Wildman–Crippen LogP) is 3.78. The van der Waals surface area contributed by atoms with Gasteiger partial charge in [-0.05, 0) is 55.2 Å². The van der Waals surface area contributed by atoms with Gasteiger partial charge in [-0.1, -0.05) is 38.0 Å². The lowest BCUT2D eigenvalue weighted by atomic mass is 9.73. The van der Waals surface area contributed by atoms with Gasteiger partial charge in [0.05, 0.1) is 6.04 Å². The largest absolute Gasteiger partial charge is 0.271 e. The molecule has 100 valence electrons. The zero-order valence-electron chi connectivity index (χ0n) is 11.9. The molecule has 0 heterocycles. The zero-order chi connectivity index (χ0) is 13.2. The van der Waals surface area contributed by atoms with Gasteiger partial charge in [-0.25, -0.2) is 0 Å². The third-order valence-electron chi connectivity index (χ3n) is 4.95. The van der Waals surface area contributed by atoms with Gasteiger partial charge in [0.25, 0.3) is 0 Å². The molecule has 0 aromatic heterocycles. The van der Waals surface area contributed by atoms with Gasteiger partial charge < -0.3 is 0 Å². The molecule has 0 spiro atoms. The summed E-state index contributed by atoms with van der Waals surface area (Å²) in [6.07, 6.45) is 6.49. The number of hydrazine groups is 1. The summed E-state index contributed by atoms with van der Waals surface area (Å²) in [5.74, 6) is 5.88. The highest BCUT2D eigenvalue weighted by Crippen LogP contribution is 2.49. The number of aryl methyl sites for hydroxylation is 2. The third-order valence-corrected chi connectivity index (χ3v) is 4.95. The maximum Gasteiger partial charge on any atom is 0.0516 e. The van der Waals surface area contributed by atoms with Crippen molar-refractivity contribution in [2.45, 2.75) is 58.9 Å². The molecule has 0 bridgehead atoms. The van der Waals surface area contributed by atoms with Gasteiger partial charge >= 0.3 is 0 Å². The fourth-order valence-electron chi connectivity index (χ4n) is 3.50. The van der Waals surface area contributed by atoms with Gasteiger partial charge in [0.15, 0.2) is 0 Å². The molecule has 18 heavy (non-hydrogen) atoms. The van der Waals surface area contributed by atoms with Gasteiger partial charge in [0.2, 0.25) is 0 Å². The van der Waals surface area contributed by atoms with Gasteiger partial charge in [0, 0.05) is 0 Å². The molecule has 1 aliphatic rings. The highest BCUT2D eigenvalue weighted by Gasteiger charge is 2.40. The number of nitrogens with two attached hydrogens (primary N) is 1. The van der Waals surface area contributed by atoms with E-state index in [0.717, 1.165) is 0 Å². The molecule has 1 unspecified atom stereocenters. The van der Waals surface area contributed by atoms with Crippen LogP contribution in [0, 0.1) is 19.3 Å². The molecule has 1 fully saturated rings. The lowest BCUT2D eigenvalue weighted by molar-refractivity contribution is 0.188. The first-order valence-electron chi connectivity index (χ1n) is 7.16. The van der Waals surface area contributed by atoms with Crippen molar-refractivity contribution < 1.29 is 0 Å². The Bertz CT molecular complexity index is 406. The Morgan fingerprint density at radius 1 is 1.22 bits per heavy atom. The first kappa shape index (κ1) is 13.6. The first-order chi connectivity index (χ1) is 8.63. The molecular formula is C16H26N2. The van der Waals surface area contributed by atoms with E-state index in [9.17, 15) is 0 Å². The molecule has 0 radical (unpaired) electrons. The van der Waals surface area contributed by atoms with Gasteiger partial charge in [0.1, 0.15) is 0 Å². The van der Waals surface area contributed by atoms with Crippen LogP contribution in [0.3, 0.4) is 0 Å². The highest BCUT2D eigenvalue weighted by atomic mass is 15.2. The van der Waals surface area contributed by atoms with Crippen molar-refractivity contribution in [2.24, 2.45) is 11.3 Å². The minimum atomic E-state index is 0.296. The van der Waals surface area contributed by atoms with Crippen molar-refractivity contribution in [2.75, 3.05) is 0 Å². The Morgan fingerprint density at radius 3 is 2.39 bits per heavy atom. The summed E-state index contributed by atoms with van der Waals surface area (Å²) in [5, 5.41) is 0. The van der Waals surface area contributed by atoms with Crippen LogP contribution < -0.4 is 11.3 Å². The van der Waals surface area contributed by atoms with E-state index in [4.69, 9.17) is 5.84 Å². The average Bonchev–Trinajstić information content (AvgIpc) is 2.84. The quantitative estimate of drug-likeness (QED) is 0.627. The second kappa shape index (κ2) is 5.41. The van der Waals surface area contributed by atoms with Crippen molar-refractivity contribution in [1.82, 2.24) is 5.43 Å². The molecule has 1 saturated carbocycles. The summed E-state index contributed by atoms with van der Waals surface area (Å²) in [6, 6.07) is 7.05. The van der Waals surface area contributed by atoms with Gasteiger partial charge in [-0.2, -0.15) is 0 Å². The summed E-state index contributed by atoms with van der Waals surface area (Å²) < 4.78 is 0. The van der Waals surface area contributed by atoms with E-state index >= 15 is 0 Å². The molecule has 0 saturated heterocycles. The van der Waals surface area contributed by atoms with E-state index in [0.29, 0.717) is 11.5 Å². The van der Waals surface area contributed by atoms with Crippen LogP contribution in [-0.4, -0.2) is 0 Å². The molecule has 1 atom stereocenters. The van der Waals surface area contributed by atoms with Crippen LogP contribution in [0.15, 0.2) is 18.2 Å². The number of hydrogen-bond donors (Lipinski definition) is 2. The maximum absolute atomic E-state index is 5.88. The smallest absolute Gasteiger partial charge is 0.0516 e. The predicted molar refractivity (Wildman–Crippen MR) is 77.2 cm³/mol. The fourth-order valence-corrected chi connectivity index (χ4v) is 3.50. The van der Waals surface area contributed by atoms with E-state index < -0.39 is 0 Å². The maximum atomic E-state index is 5.88. The van der Waals surface area contributed by atoms with Crippen molar-refractivity contribution in [3.8, 4) is 0 Å². The molecule has 1 aliphatic carbocycles. The van der Waals surface area contributed by atoms with Crippen LogP contribution in [0.2, 0.25) is 0 Å². The van der Waals surface area contributed by atoms with Gasteiger partial charge in [-0.15, -0.1) is 0 Å². The minimum Gasteiger partial charge on any atom is -0.271 e. The molecule has 2 rings (SSSR count). The summed E-state index contributed by atoms with van der Waals surface area (Å²) >= 11 is 0. The van der Waals surface area contributed by atoms with Crippen LogP contribution in [0.25, 0.3) is 0 Å². The van der Waals surface area contributed by atoms with E-state index in [2.05, 4.69) is 44.4 Å². The lowest BCUT2D eigenvalue weighted by Gasteiger charge is -2.37. The molecule has 1 aromatic carbocycles. The zero-order valence-corrected chi connectivity index (χ0v) is 11.9. The summed E-state index contributed by atoms with van der Waals surface area (Å²) in [5.41, 5.74) is 7.52. The fraction of sp³-hybridized carbons (Fsp3) is 0.625. The monoisotopic (exact) mass is 246 g/mol. The van der Waals surface area contributed by atoms with Crippen LogP contribution in [0.4, 0.5) is 0 Å². The first-order valence-corrected chi connectivity index (χ1v) is 7.16. The standard InChI is InChI=1S/C16H26N2/c1-4-16(9-5-6-10-16)15(18-17)14-8-7-12(2)13(3)11-14/h7-8,11,15,18H,4-6,9-10,17H2,1-3H3. The van der Waals surface area contributed by atoms with E-state index in [1.807, 2.05) is 0 Å². The van der Waals surface area contributed by atoms with Gasteiger partial charge in [-0.3, -0.25) is 11.3 Å². The van der Waals surface area contributed by atoms with Crippen LogP contribution in [0.1, 0.15) is 61.8 Å². The summed E-state index contributed by atoms with van der Waals surface area (Å²) in [6.45, 7) is 6.64. The number of rotatable bonds is 4. The Kier molecular flexibility index (Phi) is 4.08. The van der Waals surface area contributed by atoms with Crippen molar-refractivity contribution in [3.05, 3.63) is 34.9 Å². The topological polar surface area (TPSA) is 38.0 Å². The Labute approximate surface area is 111 Å². The van der Waals surface area contributed by atoms with Crippen molar-refractivity contribution >= 4 is 0 Å². The normalized spacial score (nSPS) is 20.0. The Hall–Kier alpha value is -0.860. The molecule has 1 aromatic rings. The van der Waals surface area contributed by atoms with Crippen LogP contribution in [0.5, 0.6) is 0 Å². The Morgan fingerprint density at radius 2 is 1.89 bits per heavy atom. The summed E-state index contributed by atoms with van der Waals surface area (Å²) in [4.78, 5) is 0. The van der Waals surface area contributed by atoms with E-state index in [-0.39, 0.29) is 0 Å². The average molecular weight is 246 g/mol. The van der Waals surface area contributed by atoms with Crippen molar-refractivity contribution in [1.29, 1.82) is 0 Å².